The van der Waals surface area contributed by atoms with E-state index < -0.39 is 12.1 Å². The summed E-state index contributed by atoms with van der Waals surface area (Å²) in [5, 5.41) is 2.75. The fourth-order valence-corrected chi connectivity index (χ4v) is 3.10. The Kier molecular flexibility index (Phi) is 7.82. The second kappa shape index (κ2) is 11.0. The third-order valence-electron chi connectivity index (χ3n) is 4.86. The molecule has 0 saturated carbocycles. The van der Waals surface area contributed by atoms with Gasteiger partial charge in [-0.05, 0) is 48.2 Å². The average molecular weight is 418 g/mol. The van der Waals surface area contributed by atoms with Gasteiger partial charge in [0.15, 0.2) is 12.7 Å². The summed E-state index contributed by atoms with van der Waals surface area (Å²) < 4.78 is 10.9. The number of hydrogen-bond donors (Lipinski definition) is 1. The zero-order valence-corrected chi connectivity index (χ0v) is 17.8. The Labute approximate surface area is 183 Å². The van der Waals surface area contributed by atoms with E-state index in [0.717, 1.165) is 17.5 Å². The van der Waals surface area contributed by atoms with Crippen LogP contribution >= 0.6 is 0 Å². The molecule has 3 aromatic rings. The van der Waals surface area contributed by atoms with Gasteiger partial charge in [-0.1, -0.05) is 67.6 Å². The van der Waals surface area contributed by atoms with Gasteiger partial charge in [0, 0.05) is 12.1 Å². The van der Waals surface area contributed by atoms with Gasteiger partial charge in [-0.15, -0.1) is 0 Å². The van der Waals surface area contributed by atoms with Crippen LogP contribution in [0.3, 0.4) is 0 Å². The first-order valence-corrected chi connectivity index (χ1v) is 10.4. The minimum Gasteiger partial charge on any atom is -0.482 e. The Morgan fingerprint density at radius 2 is 1.55 bits per heavy atom. The monoisotopic (exact) mass is 417 g/mol. The highest BCUT2D eigenvalue weighted by atomic mass is 16.6. The van der Waals surface area contributed by atoms with E-state index in [2.05, 4.69) is 12.2 Å². The van der Waals surface area contributed by atoms with Crippen LogP contribution in [0.5, 0.6) is 5.75 Å². The number of ether oxygens (including phenoxy) is 2. The number of rotatable bonds is 9. The molecule has 0 aliphatic rings. The van der Waals surface area contributed by atoms with Gasteiger partial charge in [-0.3, -0.25) is 4.79 Å². The fraction of sp³-hybridized carbons (Fsp3) is 0.231. The number of hydrogen-bond acceptors (Lipinski definition) is 4. The van der Waals surface area contributed by atoms with Crippen LogP contribution in [0.2, 0.25) is 0 Å². The molecule has 0 radical (unpaired) electrons. The number of aryl methyl sites for hydroxylation is 1. The fourth-order valence-electron chi connectivity index (χ4n) is 3.10. The molecule has 0 aromatic heterocycles. The van der Waals surface area contributed by atoms with Crippen LogP contribution in [0.15, 0.2) is 78.9 Å². The van der Waals surface area contributed by atoms with Crippen LogP contribution in [0.1, 0.15) is 30.5 Å². The van der Waals surface area contributed by atoms with Gasteiger partial charge in [0.2, 0.25) is 0 Å². The predicted molar refractivity (Wildman–Crippen MR) is 121 cm³/mol. The van der Waals surface area contributed by atoms with E-state index in [1.807, 2.05) is 78.9 Å². The van der Waals surface area contributed by atoms with Gasteiger partial charge < -0.3 is 14.8 Å². The van der Waals surface area contributed by atoms with Gasteiger partial charge >= 0.3 is 5.97 Å². The van der Waals surface area contributed by atoms with Crippen LogP contribution in [0.25, 0.3) is 0 Å². The molecule has 1 N–H and O–H groups in total. The molecular formula is C26H27NO4. The number of esters is 1. The summed E-state index contributed by atoms with van der Waals surface area (Å²) in [6.45, 7) is 3.34. The van der Waals surface area contributed by atoms with Crippen molar-refractivity contribution in [3.8, 4) is 5.75 Å². The SMILES string of the molecule is CCc1ccc(NC(=O)[C@@H](C)OC(=O)COc2ccccc2Cc2ccccc2)cc1. The Hall–Kier alpha value is -3.60. The van der Waals surface area contributed by atoms with Crippen LogP contribution in [-0.4, -0.2) is 24.6 Å². The van der Waals surface area contributed by atoms with Crippen molar-refractivity contribution in [1.82, 2.24) is 0 Å². The maximum Gasteiger partial charge on any atom is 0.344 e. The summed E-state index contributed by atoms with van der Waals surface area (Å²) in [4.78, 5) is 24.5. The van der Waals surface area contributed by atoms with E-state index in [1.54, 1.807) is 0 Å². The lowest BCUT2D eigenvalue weighted by Gasteiger charge is -2.15. The summed E-state index contributed by atoms with van der Waals surface area (Å²) in [7, 11) is 0. The molecule has 31 heavy (non-hydrogen) atoms. The van der Waals surface area contributed by atoms with Gasteiger partial charge in [-0.2, -0.15) is 0 Å². The van der Waals surface area contributed by atoms with Gasteiger partial charge in [0.05, 0.1) is 0 Å². The molecule has 1 atom stereocenters. The zero-order valence-electron chi connectivity index (χ0n) is 17.8. The Morgan fingerprint density at radius 3 is 2.26 bits per heavy atom. The first-order chi connectivity index (χ1) is 15.0. The summed E-state index contributed by atoms with van der Waals surface area (Å²) in [5.74, 6) is -0.364. The maximum absolute atomic E-state index is 12.3. The molecule has 3 rings (SSSR count). The molecule has 0 heterocycles. The number of benzene rings is 3. The number of anilines is 1. The maximum atomic E-state index is 12.3. The highest BCUT2D eigenvalue weighted by Gasteiger charge is 2.18. The first kappa shape index (κ1) is 22.1. The lowest BCUT2D eigenvalue weighted by molar-refractivity contribution is -0.155. The van der Waals surface area contributed by atoms with E-state index in [1.165, 1.54) is 12.5 Å². The first-order valence-electron chi connectivity index (χ1n) is 10.4. The highest BCUT2D eigenvalue weighted by Crippen LogP contribution is 2.21. The van der Waals surface area contributed by atoms with Crippen molar-refractivity contribution in [2.75, 3.05) is 11.9 Å². The molecule has 160 valence electrons. The van der Waals surface area contributed by atoms with E-state index in [-0.39, 0.29) is 12.5 Å². The molecule has 0 saturated heterocycles. The molecule has 5 heteroatoms. The molecule has 0 spiro atoms. The standard InChI is InChI=1S/C26H27NO4/c1-3-20-13-15-23(16-14-20)27-26(29)19(2)31-25(28)18-30-24-12-8-7-11-22(24)17-21-9-5-4-6-10-21/h4-16,19H,3,17-18H2,1-2H3,(H,27,29)/t19-/m1/s1. The van der Waals surface area contributed by atoms with Crippen molar-refractivity contribution < 1.29 is 19.1 Å². The molecule has 3 aromatic carbocycles. The normalized spacial score (nSPS) is 11.4. The van der Waals surface area contributed by atoms with Crippen LogP contribution < -0.4 is 10.1 Å². The van der Waals surface area contributed by atoms with E-state index in [0.29, 0.717) is 17.9 Å². The van der Waals surface area contributed by atoms with Gasteiger partial charge in [-0.25, -0.2) is 4.79 Å². The van der Waals surface area contributed by atoms with Crippen molar-refractivity contribution in [3.05, 3.63) is 95.6 Å². The molecule has 5 nitrogen and oxygen atoms in total. The minimum atomic E-state index is -0.929. The third-order valence-corrected chi connectivity index (χ3v) is 4.86. The van der Waals surface area contributed by atoms with Crippen LogP contribution in [0.4, 0.5) is 5.69 Å². The van der Waals surface area contributed by atoms with Crippen molar-refractivity contribution in [2.24, 2.45) is 0 Å². The summed E-state index contributed by atoms with van der Waals surface area (Å²) >= 11 is 0. The predicted octanol–water partition coefficient (Wildman–Crippen LogP) is 4.79. The smallest absolute Gasteiger partial charge is 0.344 e. The molecule has 0 aliphatic carbocycles. The van der Waals surface area contributed by atoms with Crippen molar-refractivity contribution in [1.29, 1.82) is 0 Å². The van der Waals surface area contributed by atoms with Crippen LogP contribution in [-0.2, 0) is 27.2 Å². The number of carbonyl (C=O) groups excluding carboxylic acids is 2. The molecular weight excluding hydrogens is 390 g/mol. The summed E-state index contributed by atoms with van der Waals surface area (Å²) in [6.07, 6.45) is 0.694. The third kappa shape index (κ3) is 6.71. The number of amides is 1. The largest absolute Gasteiger partial charge is 0.482 e. The topological polar surface area (TPSA) is 64.6 Å². The quantitative estimate of drug-likeness (QED) is 0.509. The highest BCUT2D eigenvalue weighted by molar-refractivity contribution is 5.95. The Bertz CT molecular complexity index is 999. The van der Waals surface area contributed by atoms with E-state index >= 15 is 0 Å². The van der Waals surface area contributed by atoms with Crippen LogP contribution in [0, 0.1) is 0 Å². The summed E-state index contributed by atoms with van der Waals surface area (Å²) in [6, 6.07) is 25.2. The lowest BCUT2D eigenvalue weighted by Crippen LogP contribution is -2.31. The van der Waals surface area contributed by atoms with Crippen molar-refractivity contribution in [2.45, 2.75) is 32.8 Å². The van der Waals surface area contributed by atoms with E-state index in [4.69, 9.17) is 9.47 Å². The van der Waals surface area contributed by atoms with Crippen molar-refractivity contribution in [3.63, 3.8) is 0 Å². The van der Waals surface area contributed by atoms with Crippen molar-refractivity contribution >= 4 is 17.6 Å². The molecule has 1 amide bonds. The molecule has 0 fully saturated rings. The molecule has 0 aliphatic heterocycles. The number of nitrogens with one attached hydrogen (secondary N) is 1. The van der Waals surface area contributed by atoms with Gasteiger partial charge in [0.1, 0.15) is 5.75 Å². The second-order valence-electron chi connectivity index (χ2n) is 7.23. The Balaban J connectivity index is 1.51. The van der Waals surface area contributed by atoms with E-state index in [9.17, 15) is 9.59 Å². The lowest BCUT2D eigenvalue weighted by atomic mass is 10.0. The number of para-hydroxylation sites is 1. The molecule has 0 unspecified atom stereocenters. The summed E-state index contributed by atoms with van der Waals surface area (Å²) in [5.41, 5.74) is 3.97. The number of carbonyl (C=O) groups is 2. The second-order valence-corrected chi connectivity index (χ2v) is 7.23. The Morgan fingerprint density at radius 1 is 0.871 bits per heavy atom. The minimum absolute atomic E-state index is 0.269. The molecule has 0 bridgehead atoms. The average Bonchev–Trinajstić information content (AvgIpc) is 2.79. The zero-order chi connectivity index (χ0) is 22.1. The van der Waals surface area contributed by atoms with Gasteiger partial charge in [0.25, 0.3) is 5.91 Å².